The summed E-state index contributed by atoms with van der Waals surface area (Å²) in [5, 5.41) is 12.0. The van der Waals surface area contributed by atoms with Crippen molar-refractivity contribution in [3.63, 3.8) is 0 Å². The van der Waals surface area contributed by atoms with Gasteiger partial charge in [-0.1, -0.05) is 36.4 Å². The number of benzene rings is 2. The van der Waals surface area contributed by atoms with Crippen LogP contribution in [0.2, 0.25) is 0 Å². The smallest absolute Gasteiger partial charge is 0.123 e. The zero-order chi connectivity index (χ0) is 15.8. The monoisotopic (exact) mass is 303 g/mol. The molecular formula is C18H22FNO2. The molecule has 0 aliphatic heterocycles. The molecule has 0 amide bonds. The van der Waals surface area contributed by atoms with Crippen LogP contribution in [0.5, 0.6) is 0 Å². The van der Waals surface area contributed by atoms with Crippen LogP contribution in [0.25, 0.3) is 11.1 Å². The summed E-state index contributed by atoms with van der Waals surface area (Å²) in [6.07, 6.45) is 0. The Labute approximate surface area is 130 Å². The summed E-state index contributed by atoms with van der Waals surface area (Å²) in [5.41, 5.74) is 3.27. The molecule has 0 saturated heterocycles. The van der Waals surface area contributed by atoms with Gasteiger partial charge in [0, 0.05) is 12.6 Å². The number of halogens is 1. The molecule has 0 fully saturated rings. The number of ether oxygens (including phenoxy) is 1. The molecule has 0 bridgehead atoms. The summed E-state index contributed by atoms with van der Waals surface area (Å²) < 4.78 is 18.1. The quantitative estimate of drug-likeness (QED) is 0.736. The minimum atomic E-state index is -0.221. The molecule has 0 aliphatic carbocycles. The van der Waals surface area contributed by atoms with Gasteiger partial charge in [0.1, 0.15) is 5.82 Å². The standard InChI is InChI=1S/C18H22FNO2/c1-14(20-10-12-22-13-11-21)15-2-4-16(5-3-15)17-6-8-18(19)9-7-17/h2-9,14,20-21H,10-13H2,1H3. The highest BCUT2D eigenvalue weighted by Gasteiger charge is 2.05. The second kappa shape index (κ2) is 8.63. The summed E-state index contributed by atoms with van der Waals surface area (Å²) in [5.74, 6) is -0.221. The third kappa shape index (κ3) is 4.91. The molecule has 1 unspecified atom stereocenters. The molecule has 0 aromatic heterocycles. The number of hydrogen-bond acceptors (Lipinski definition) is 3. The Morgan fingerprint density at radius 2 is 1.59 bits per heavy atom. The van der Waals surface area contributed by atoms with E-state index >= 15 is 0 Å². The average molecular weight is 303 g/mol. The lowest BCUT2D eigenvalue weighted by Crippen LogP contribution is -2.23. The molecule has 0 radical (unpaired) electrons. The van der Waals surface area contributed by atoms with E-state index in [1.165, 1.54) is 17.7 Å². The van der Waals surface area contributed by atoms with Crippen LogP contribution in [-0.4, -0.2) is 31.5 Å². The third-order valence-electron chi connectivity index (χ3n) is 3.52. The highest BCUT2D eigenvalue weighted by Crippen LogP contribution is 2.22. The zero-order valence-electron chi connectivity index (χ0n) is 12.8. The van der Waals surface area contributed by atoms with Crippen LogP contribution in [0.3, 0.4) is 0 Å². The van der Waals surface area contributed by atoms with Gasteiger partial charge in [-0.25, -0.2) is 4.39 Å². The molecule has 1 atom stereocenters. The SMILES string of the molecule is CC(NCCOCCO)c1ccc(-c2ccc(F)cc2)cc1. The summed E-state index contributed by atoms with van der Waals surface area (Å²) in [7, 11) is 0. The van der Waals surface area contributed by atoms with Crippen LogP contribution in [0, 0.1) is 5.82 Å². The molecule has 0 heterocycles. The highest BCUT2D eigenvalue weighted by molar-refractivity contribution is 5.63. The van der Waals surface area contributed by atoms with Crippen LogP contribution < -0.4 is 5.32 Å². The first-order valence-corrected chi connectivity index (χ1v) is 7.48. The maximum absolute atomic E-state index is 12.9. The lowest BCUT2D eigenvalue weighted by atomic mass is 10.0. The molecule has 0 spiro atoms. The summed E-state index contributed by atoms with van der Waals surface area (Å²) in [6, 6.07) is 15.0. The van der Waals surface area contributed by atoms with E-state index in [0.29, 0.717) is 13.2 Å². The number of hydrogen-bond donors (Lipinski definition) is 2. The van der Waals surface area contributed by atoms with Gasteiger partial charge in [-0.2, -0.15) is 0 Å². The van der Waals surface area contributed by atoms with E-state index in [1.54, 1.807) is 12.1 Å². The van der Waals surface area contributed by atoms with E-state index in [2.05, 4.69) is 24.4 Å². The van der Waals surface area contributed by atoms with E-state index in [0.717, 1.165) is 17.7 Å². The first-order chi connectivity index (χ1) is 10.7. The fraction of sp³-hybridized carbons (Fsp3) is 0.333. The van der Waals surface area contributed by atoms with Crippen LogP contribution in [0.4, 0.5) is 4.39 Å². The minimum Gasteiger partial charge on any atom is -0.394 e. The molecular weight excluding hydrogens is 281 g/mol. The Morgan fingerprint density at radius 3 is 2.18 bits per heavy atom. The summed E-state index contributed by atoms with van der Waals surface area (Å²) in [6.45, 7) is 3.85. The van der Waals surface area contributed by atoms with Crippen molar-refractivity contribution in [3.8, 4) is 11.1 Å². The first-order valence-electron chi connectivity index (χ1n) is 7.48. The van der Waals surface area contributed by atoms with E-state index in [-0.39, 0.29) is 18.5 Å². The van der Waals surface area contributed by atoms with Crippen molar-refractivity contribution in [2.45, 2.75) is 13.0 Å². The van der Waals surface area contributed by atoms with Gasteiger partial charge in [0.2, 0.25) is 0 Å². The highest BCUT2D eigenvalue weighted by atomic mass is 19.1. The molecule has 118 valence electrons. The van der Waals surface area contributed by atoms with Crippen molar-refractivity contribution in [2.24, 2.45) is 0 Å². The Balaban J connectivity index is 1.89. The van der Waals surface area contributed by atoms with Crippen molar-refractivity contribution >= 4 is 0 Å². The van der Waals surface area contributed by atoms with Crippen LogP contribution in [0.1, 0.15) is 18.5 Å². The second-order valence-corrected chi connectivity index (χ2v) is 5.14. The van der Waals surface area contributed by atoms with Crippen LogP contribution in [-0.2, 0) is 4.74 Å². The number of rotatable bonds is 8. The molecule has 4 heteroatoms. The molecule has 22 heavy (non-hydrogen) atoms. The predicted octanol–water partition coefficient (Wildman–Crippen LogP) is 3.15. The normalized spacial score (nSPS) is 12.3. The lowest BCUT2D eigenvalue weighted by Gasteiger charge is -2.15. The predicted molar refractivity (Wildman–Crippen MR) is 86.2 cm³/mol. The number of aliphatic hydroxyl groups is 1. The van der Waals surface area contributed by atoms with Crippen molar-refractivity contribution < 1.29 is 14.2 Å². The van der Waals surface area contributed by atoms with Crippen molar-refractivity contribution in [1.82, 2.24) is 5.32 Å². The molecule has 2 rings (SSSR count). The van der Waals surface area contributed by atoms with Gasteiger partial charge in [0.05, 0.1) is 19.8 Å². The fourth-order valence-corrected chi connectivity index (χ4v) is 2.24. The molecule has 2 aromatic rings. The zero-order valence-corrected chi connectivity index (χ0v) is 12.8. The Bertz CT molecular complexity index is 554. The Hall–Kier alpha value is -1.75. The number of aliphatic hydroxyl groups excluding tert-OH is 1. The molecule has 2 N–H and O–H groups in total. The molecule has 3 nitrogen and oxygen atoms in total. The largest absolute Gasteiger partial charge is 0.394 e. The lowest BCUT2D eigenvalue weighted by molar-refractivity contribution is 0.0928. The maximum Gasteiger partial charge on any atom is 0.123 e. The summed E-state index contributed by atoms with van der Waals surface area (Å²) >= 11 is 0. The Morgan fingerprint density at radius 1 is 1.00 bits per heavy atom. The number of nitrogens with one attached hydrogen (secondary N) is 1. The van der Waals surface area contributed by atoms with Gasteiger partial charge in [-0.3, -0.25) is 0 Å². The topological polar surface area (TPSA) is 41.5 Å². The summed E-state index contributed by atoms with van der Waals surface area (Å²) in [4.78, 5) is 0. The van der Waals surface area contributed by atoms with Gasteiger partial charge in [-0.05, 0) is 35.7 Å². The van der Waals surface area contributed by atoms with Gasteiger partial charge in [0.15, 0.2) is 0 Å². The van der Waals surface area contributed by atoms with E-state index < -0.39 is 0 Å². The average Bonchev–Trinajstić information content (AvgIpc) is 2.55. The van der Waals surface area contributed by atoms with E-state index in [4.69, 9.17) is 9.84 Å². The van der Waals surface area contributed by atoms with Gasteiger partial charge >= 0.3 is 0 Å². The van der Waals surface area contributed by atoms with Gasteiger partial charge in [-0.15, -0.1) is 0 Å². The second-order valence-electron chi connectivity index (χ2n) is 5.14. The van der Waals surface area contributed by atoms with E-state index in [9.17, 15) is 4.39 Å². The first kappa shape index (κ1) is 16.6. The van der Waals surface area contributed by atoms with Crippen LogP contribution in [0.15, 0.2) is 48.5 Å². The fourth-order valence-electron chi connectivity index (χ4n) is 2.24. The minimum absolute atomic E-state index is 0.0560. The van der Waals surface area contributed by atoms with Crippen molar-refractivity contribution in [3.05, 3.63) is 59.9 Å². The molecule has 2 aromatic carbocycles. The van der Waals surface area contributed by atoms with Crippen molar-refractivity contribution in [1.29, 1.82) is 0 Å². The van der Waals surface area contributed by atoms with Gasteiger partial charge < -0.3 is 15.2 Å². The van der Waals surface area contributed by atoms with E-state index in [1.807, 2.05) is 12.1 Å². The van der Waals surface area contributed by atoms with Gasteiger partial charge in [0.25, 0.3) is 0 Å². The molecule has 0 aliphatic rings. The molecule has 0 saturated carbocycles. The van der Waals surface area contributed by atoms with Crippen molar-refractivity contribution in [2.75, 3.05) is 26.4 Å². The van der Waals surface area contributed by atoms with Crippen LogP contribution >= 0.6 is 0 Å². The Kier molecular flexibility index (Phi) is 6.52. The third-order valence-corrected chi connectivity index (χ3v) is 3.52. The maximum atomic E-state index is 12.9.